The Morgan fingerprint density at radius 2 is 1.51 bits per heavy atom. The van der Waals surface area contributed by atoms with E-state index in [2.05, 4.69) is 28.6 Å². The van der Waals surface area contributed by atoms with Crippen LogP contribution in [0.1, 0.15) is 32.3 Å². The highest BCUT2D eigenvalue weighted by Crippen LogP contribution is 2.12. The Kier molecular flexibility index (Phi) is 12.0. The number of carboxylic acid groups (broad SMARTS) is 2. The summed E-state index contributed by atoms with van der Waals surface area (Å²) in [6.07, 6.45) is -0.258. The molecule has 0 spiro atoms. The molecule has 0 heterocycles. The summed E-state index contributed by atoms with van der Waals surface area (Å²) >= 11 is 4.09. The van der Waals surface area contributed by atoms with Gasteiger partial charge in [0.2, 0.25) is 17.7 Å². The number of carboxylic acids is 2. The number of carbonyl (C=O) groups is 5. The summed E-state index contributed by atoms with van der Waals surface area (Å²) in [5, 5.41) is 34.5. The van der Waals surface area contributed by atoms with Gasteiger partial charge >= 0.3 is 11.9 Å². The van der Waals surface area contributed by atoms with Crippen molar-refractivity contribution in [3.05, 3.63) is 29.8 Å². The normalized spacial score (nSPS) is 15.1. The zero-order valence-electron chi connectivity index (χ0n) is 19.4. The van der Waals surface area contributed by atoms with Crippen LogP contribution in [0.15, 0.2) is 24.3 Å². The standard InChI is InChI=1S/C22H32N4O8S/c1-3-11(2)18(21(32)24-15(22(33)34)9-17(28)29)26-20(31)16(10-35)25-19(30)14(23)8-12-4-6-13(27)7-5-12/h4-7,11,14-16,18,27,35H,3,8-10,23H2,1-2H3,(H,24,32)(H,25,30)(H,26,31)(H,28,29)(H,33,34). The van der Waals surface area contributed by atoms with Crippen LogP contribution in [0.5, 0.6) is 5.75 Å². The number of hydrogen-bond acceptors (Lipinski definition) is 8. The predicted octanol–water partition coefficient (Wildman–Crippen LogP) is -0.748. The molecular weight excluding hydrogens is 480 g/mol. The minimum atomic E-state index is -1.68. The van der Waals surface area contributed by atoms with E-state index in [0.29, 0.717) is 12.0 Å². The highest BCUT2D eigenvalue weighted by Gasteiger charge is 2.33. The minimum absolute atomic E-state index is 0.0658. The quantitative estimate of drug-likeness (QED) is 0.147. The molecule has 194 valence electrons. The van der Waals surface area contributed by atoms with Gasteiger partial charge < -0.3 is 37.0 Å². The molecule has 1 aromatic rings. The van der Waals surface area contributed by atoms with Gasteiger partial charge in [0.05, 0.1) is 12.5 Å². The number of amides is 3. The van der Waals surface area contributed by atoms with Crippen molar-refractivity contribution < 1.29 is 39.3 Å². The summed E-state index contributed by atoms with van der Waals surface area (Å²) in [7, 11) is 0. The van der Waals surface area contributed by atoms with E-state index in [1.807, 2.05) is 0 Å². The Morgan fingerprint density at radius 3 is 2.00 bits per heavy atom. The average molecular weight is 513 g/mol. The molecule has 0 aliphatic heterocycles. The van der Waals surface area contributed by atoms with Crippen LogP contribution in [0, 0.1) is 5.92 Å². The molecule has 0 aliphatic carbocycles. The molecular formula is C22H32N4O8S. The fourth-order valence-electron chi connectivity index (χ4n) is 3.04. The number of thiol groups is 1. The topological polar surface area (TPSA) is 208 Å². The van der Waals surface area contributed by atoms with E-state index in [9.17, 15) is 34.2 Å². The second-order valence-electron chi connectivity index (χ2n) is 8.09. The van der Waals surface area contributed by atoms with Crippen LogP contribution in [-0.4, -0.2) is 74.9 Å². The fraction of sp³-hybridized carbons (Fsp3) is 0.500. The third kappa shape index (κ3) is 9.83. The van der Waals surface area contributed by atoms with Gasteiger partial charge in [-0.2, -0.15) is 12.6 Å². The first-order valence-electron chi connectivity index (χ1n) is 10.9. The van der Waals surface area contributed by atoms with Crippen molar-refractivity contribution in [2.75, 3.05) is 5.75 Å². The second-order valence-corrected chi connectivity index (χ2v) is 8.46. The van der Waals surface area contributed by atoms with E-state index in [-0.39, 0.29) is 17.9 Å². The van der Waals surface area contributed by atoms with E-state index in [0.717, 1.165) is 0 Å². The third-order valence-corrected chi connectivity index (χ3v) is 5.70. The number of phenolic OH excluding ortho intramolecular Hbond substituents is 1. The number of hydrogen-bond donors (Lipinski definition) is 8. The van der Waals surface area contributed by atoms with Gasteiger partial charge in [0.25, 0.3) is 0 Å². The van der Waals surface area contributed by atoms with Crippen molar-refractivity contribution in [3.8, 4) is 5.75 Å². The van der Waals surface area contributed by atoms with Gasteiger partial charge in [-0.1, -0.05) is 32.4 Å². The third-order valence-electron chi connectivity index (χ3n) is 5.33. The Hall–Kier alpha value is -3.32. The average Bonchev–Trinajstić information content (AvgIpc) is 2.80. The summed E-state index contributed by atoms with van der Waals surface area (Å²) in [4.78, 5) is 60.3. The van der Waals surface area contributed by atoms with Gasteiger partial charge in [-0.3, -0.25) is 19.2 Å². The Bertz CT molecular complexity index is 911. The van der Waals surface area contributed by atoms with Crippen LogP contribution >= 0.6 is 12.6 Å². The summed E-state index contributed by atoms with van der Waals surface area (Å²) in [6, 6.07) is 1.10. The minimum Gasteiger partial charge on any atom is -0.508 e. The van der Waals surface area contributed by atoms with Crippen LogP contribution in [-0.2, 0) is 30.4 Å². The van der Waals surface area contributed by atoms with Crippen molar-refractivity contribution in [1.29, 1.82) is 0 Å². The number of nitrogens with one attached hydrogen (secondary N) is 3. The first-order valence-corrected chi connectivity index (χ1v) is 11.5. The van der Waals surface area contributed by atoms with Crippen LogP contribution in [0.25, 0.3) is 0 Å². The molecule has 0 bridgehead atoms. The Balaban J connectivity index is 2.87. The molecule has 0 saturated carbocycles. The number of carbonyl (C=O) groups excluding carboxylic acids is 3. The number of rotatable bonds is 14. The highest BCUT2D eigenvalue weighted by atomic mass is 32.1. The number of benzene rings is 1. The molecule has 8 N–H and O–H groups in total. The summed E-state index contributed by atoms with van der Waals surface area (Å²) in [5.41, 5.74) is 6.63. The molecule has 13 heteroatoms. The van der Waals surface area contributed by atoms with E-state index in [1.54, 1.807) is 26.0 Å². The van der Waals surface area contributed by atoms with Gasteiger partial charge in [-0.05, 0) is 30.0 Å². The first kappa shape index (κ1) is 29.7. The molecule has 0 aromatic heterocycles. The van der Waals surface area contributed by atoms with Crippen LogP contribution < -0.4 is 21.7 Å². The molecule has 35 heavy (non-hydrogen) atoms. The predicted molar refractivity (Wildman–Crippen MR) is 129 cm³/mol. The van der Waals surface area contributed by atoms with Crippen molar-refractivity contribution in [2.45, 2.75) is 57.3 Å². The number of aromatic hydroxyl groups is 1. The molecule has 5 unspecified atom stereocenters. The molecule has 0 radical (unpaired) electrons. The second kappa shape index (κ2) is 14.2. The smallest absolute Gasteiger partial charge is 0.326 e. The molecule has 3 amide bonds. The molecule has 0 saturated heterocycles. The highest BCUT2D eigenvalue weighted by molar-refractivity contribution is 7.80. The van der Waals surface area contributed by atoms with Crippen molar-refractivity contribution in [3.63, 3.8) is 0 Å². The summed E-state index contributed by atoms with van der Waals surface area (Å²) in [6.45, 7) is 3.41. The molecule has 12 nitrogen and oxygen atoms in total. The monoisotopic (exact) mass is 512 g/mol. The van der Waals surface area contributed by atoms with Crippen LogP contribution in [0.4, 0.5) is 0 Å². The van der Waals surface area contributed by atoms with Gasteiger partial charge in [0.1, 0.15) is 23.9 Å². The lowest BCUT2D eigenvalue weighted by Gasteiger charge is -2.27. The largest absolute Gasteiger partial charge is 0.508 e. The molecule has 1 aromatic carbocycles. The first-order chi connectivity index (χ1) is 16.4. The summed E-state index contributed by atoms with van der Waals surface area (Å²) < 4.78 is 0. The number of aliphatic carboxylic acids is 2. The van der Waals surface area contributed by atoms with Crippen LogP contribution in [0.3, 0.4) is 0 Å². The maximum Gasteiger partial charge on any atom is 0.326 e. The van der Waals surface area contributed by atoms with Crippen molar-refractivity contribution in [1.82, 2.24) is 16.0 Å². The maximum atomic E-state index is 12.8. The van der Waals surface area contributed by atoms with E-state index in [1.165, 1.54) is 12.1 Å². The van der Waals surface area contributed by atoms with E-state index >= 15 is 0 Å². The SMILES string of the molecule is CCC(C)C(NC(=O)C(CS)NC(=O)C(N)Cc1ccc(O)cc1)C(=O)NC(CC(=O)O)C(=O)O. The molecule has 0 fully saturated rings. The number of phenols is 1. The molecule has 0 aliphatic rings. The van der Waals surface area contributed by atoms with Gasteiger partial charge in [-0.15, -0.1) is 0 Å². The Labute approximate surface area is 208 Å². The molecule has 1 rings (SSSR count). The summed E-state index contributed by atoms with van der Waals surface area (Å²) in [5.74, 6) is -5.67. The van der Waals surface area contributed by atoms with Gasteiger partial charge in [0, 0.05) is 5.75 Å². The fourth-order valence-corrected chi connectivity index (χ4v) is 3.30. The lowest BCUT2D eigenvalue weighted by Crippen LogP contribution is -2.59. The van der Waals surface area contributed by atoms with Crippen molar-refractivity contribution >= 4 is 42.3 Å². The number of nitrogens with two attached hydrogens (primary N) is 1. The van der Waals surface area contributed by atoms with Gasteiger partial charge in [0.15, 0.2) is 0 Å². The maximum absolute atomic E-state index is 12.8. The molecule has 5 atom stereocenters. The van der Waals surface area contributed by atoms with Gasteiger partial charge in [-0.25, -0.2) is 4.79 Å². The van der Waals surface area contributed by atoms with Crippen LogP contribution in [0.2, 0.25) is 0 Å². The zero-order valence-corrected chi connectivity index (χ0v) is 20.3. The van der Waals surface area contributed by atoms with Crippen molar-refractivity contribution in [2.24, 2.45) is 11.7 Å². The lowest BCUT2D eigenvalue weighted by molar-refractivity contribution is -0.147. The van der Waals surface area contributed by atoms with E-state index < -0.39 is 66.2 Å². The lowest BCUT2D eigenvalue weighted by atomic mass is 9.97. The van der Waals surface area contributed by atoms with E-state index in [4.69, 9.17) is 10.8 Å². The zero-order chi connectivity index (χ0) is 26.7. The Morgan fingerprint density at radius 1 is 0.943 bits per heavy atom.